The number of nitro groups is 1. The highest BCUT2D eigenvalue weighted by atomic mass is 16.6. The van der Waals surface area contributed by atoms with Crippen molar-refractivity contribution in [3.8, 4) is 5.75 Å². The van der Waals surface area contributed by atoms with Crippen LogP contribution in [0, 0.1) is 30.9 Å². The van der Waals surface area contributed by atoms with E-state index in [2.05, 4.69) is 5.32 Å². The lowest BCUT2D eigenvalue weighted by atomic mass is 10.1. The maximum atomic E-state index is 12.0. The largest absolute Gasteiger partial charge is 0.483 e. The number of non-ortho nitro benzene ring substituents is 1. The second-order valence-corrected chi connectivity index (χ2v) is 5.31. The molecule has 2 aromatic carbocycles. The topological polar surface area (TPSA) is 81.5 Å². The van der Waals surface area contributed by atoms with Gasteiger partial charge in [-0.1, -0.05) is 24.3 Å². The van der Waals surface area contributed by atoms with Gasteiger partial charge in [0, 0.05) is 12.1 Å². The number of nitrogens with zero attached hydrogens (tertiary/aromatic N) is 1. The standard InChI is InChI=1S/C17H18N2O4/c1-11-7-8-14(19(21)22)9-15(11)18-16(20)10-23-17-12(2)5-4-6-13(17)3/h4-9H,10H2,1-3H3,(H,18,20). The monoisotopic (exact) mass is 314 g/mol. The molecule has 0 aliphatic carbocycles. The van der Waals surface area contributed by atoms with Crippen LogP contribution in [-0.2, 0) is 4.79 Å². The molecular formula is C17H18N2O4. The molecule has 0 aliphatic rings. The zero-order valence-electron chi connectivity index (χ0n) is 13.3. The van der Waals surface area contributed by atoms with Crippen molar-refractivity contribution in [2.24, 2.45) is 0 Å². The van der Waals surface area contributed by atoms with Crippen LogP contribution in [0.4, 0.5) is 11.4 Å². The summed E-state index contributed by atoms with van der Waals surface area (Å²) in [4.78, 5) is 22.3. The van der Waals surface area contributed by atoms with Crippen molar-refractivity contribution in [2.75, 3.05) is 11.9 Å². The first-order valence-corrected chi connectivity index (χ1v) is 7.12. The minimum absolute atomic E-state index is 0.0680. The number of carbonyl (C=O) groups excluding carboxylic acids is 1. The predicted molar refractivity (Wildman–Crippen MR) is 87.9 cm³/mol. The first kappa shape index (κ1) is 16.5. The van der Waals surface area contributed by atoms with Crippen LogP contribution >= 0.6 is 0 Å². The Morgan fingerprint density at radius 1 is 1.13 bits per heavy atom. The fourth-order valence-corrected chi connectivity index (χ4v) is 2.21. The van der Waals surface area contributed by atoms with E-state index < -0.39 is 4.92 Å². The van der Waals surface area contributed by atoms with Gasteiger partial charge in [-0.2, -0.15) is 0 Å². The second-order valence-electron chi connectivity index (χ2n) is 5.31. The fraction of sp³-hybridized carbons (Fsp3) is 0.235. The molecule has 0 fully saturated rings. The number of benzene rings is 2. The smallest absolute Gasteiger partial charge is 0.271 e. The molecule has 120 valence electrons. The molecule has 0 unspecified atom stereocenters. The summed E-state index contributed by atoms with van der Waals surface area (Å²) < 4.78 is 5.57. The molecule has 2 aromatic rings. The zero-order valence-corrected chi connectivity index (χ0v) is 13.3. The van der Waals surface area contributed by atoms with Gasteiger partial charge in [0.05, 0.1) is 10.6 Å². The maximum Gasteiger partial charge on any atom is 0.271 e. The lowest BCUT2D eigenvalue weighted by molar-refractivity contribution is -0.384. The molecule has 0 atom stereocenters. The van der Waals surface area contributed by atoms with Crippen LogP contribution in [0.1, 0.15) is 16.7 Å². The van der Waals surface area contributed by atoms with E-state index in [0.29, 0.717) is 11.4 Å². The first-order valence-electron chi connectivity index (χ1n) is 7.12. The highest BCUT2D eigenvalue weighted by Crippen LogP contribution is 2.23. The summed E-state index contributed by atoms with van der Waals surface area (Å²) in [6.07, 6.45) is 0. The minimum Gasteiger partial charge on any atom is -0.483 e. The molecule has 0 saturated carbocycles. The summed E-state index contributed by atoms with van der Waals surface area (Å²) in [6, 6.07) is 10.1. The van der Waals surface area contributed by atoms with E-state index in [0.717, 1.165) is 16.7 Å². The normalized spacial score (nSPS) is 10.2. The van der Waals surface area contributed by atoms with Crippen molar-refractivity contribution in [3.05, 3.63) is 63.2 Å². The first-order chi connectivity index (χ1) is 10.9. The fourth-order valence-electron chi connectivity index (χ4n) is 2.21. The number of amides is 1. The van der Waals surface area contributed by atoms with E-state index in [-0.39, 0.29) is 18.2 Å². The van der Waals surface area contributed by atoms with E-state index in [1.54, 1.807) is 13.0 Å². The van der Waals surface area contributed by atoms with Gasteiger partial charge in [0.2, 0.25) is 0 Å². The van der Waals surface area contributed by atoms with Crippen LogP contribution in [0.5, 0.6) is 5.75 Å². The third kappa shape index (κ3) is 4.06. The predicted octanol–water partition coefficient (Wildman–Crippen LogP) is 3.54. The molecule has 2 rings (SSSR count). The lowest BCUT2D eigenvalue weighted by Gasteiger charge is -2.12. The van der Waals surface area contributed by atoms with Crippen LogP contribution in [0.25, 0.3) is 0 Å². The molecule has 0 aromatic heterocycles. The van der Waals surface area contributed by atoms with Gasteiger partial charge < -0.3 is 10.1 Å². The van der Waals surface area contributed by atoms with E-state index in [1.165, 1.54) is 12.1 Å². The Labute approximate surface area is 134 Å². The Balaban J connectivity index is 2.06. The summed E-state index contributed by atoms with van der Waals surface area (Å²) in [7, 11) is 0. The third-order valence-corrected chi connectivity index (χ3v) is 3.46. The molecule has 0 spiro atoms. The van der Waals surface area contributed by atoms with Crippen LogP contribution in [0.2, 0.25) is 0 Å². The quantitative estimate of drug-likeness (QED) is 0.676. The molecule has 0 aliphatic heterocycles. The Bertz CT molecular complexity index is 736. The molecule has 1 amide bonds. The van der Waals surface area contributed by atoms with Gasteiger partial charge in [0.1, 0.15) is 5.75 Å². The number of aryl methyl sites for hydroxylation is 3. The summed E-state index contributed by atoms with van der Waals surface area (Å²) in [6.45, 7) is 5.43. The Kier molecular flexibility index (Phi) is 4.95. The van der Waals surface area contributed by atoms with Crippen LogP contribution in [0.3, 0.4) is 0 Å². The van der Waals surface area contributed by atoms with Gasteiger partial charge in [-0.25, -0.2) is 0 Å². The minimum atomic E-state index is -0.498. The van der Waals surface area contributed by atoms with Crippen LogP contribution in [-0.4, -0.2) is 17.4 Å². The summed E-state index contributed by atoms with van der Waals surface area (Å²) in [5, 5.41) is 13.5. The van der Waals surface area contributed by atoms with E-state index in [9.17, 15) is 14.9 Å². The average molecular weight is 314 g/mol. The van der Waals surface area contributed by atoms with Crippen LogP contribution < -0.4 is 10.1 Å². The lowest BCUT2D eigenvalue weighted by Crippen LogP contribution is -2.21. The summed E-state index contributed by atoms with van der Waals surface area (Å²) in [5.41, 5.74) is 2.99. The SMILES string of the molecule is Cc1ccc([N+](=O)[O-])cc1NC(=O)COc1c(C)cccc1C. The van der Waals surface area contributed by atoms with E-state index >= 15 is 0 Å². The molecule has 6 nitrogen and oxygen atoms in total. The van der Waals surface area contributed by atoms with Crippen molar-refractivity contribution < 1.29 is 14.5 Å². The van der Waals surface area contributed by atoms with Crippen molar-refractivity contribution in [2.45, 2.75) is 20.8 Å². The number of ether oxygens (including phenoxy) is 1. The Morgan fingerprint density at radius 3 is 2.39 bits per heavy atom. The van der Waals surface area contributed by atoms with Crippen molar-refractivity contribution in [3.63, 3.8) is 0 Å². The van der Waals surface area contributed by atoms with Gasteiger partial charge in [0.15, 0.2) is 6.61 Å². The van der Waals surface area contributed by atoms with Crippen molar-refractivity contribution >= 4 is 17.3 Å². The number of rotatable bonds is 5. The highest BCUT2D eigenvalue weighted by Gasteiger charge is 2.12. The van der Waals surface area contributed by atoms with Gasteiger partial charge in [-0.15, -0.1) is 0 Å². The van der Waals surface area contributed by atoms with Gasteiger partial charge in [-0.3, -0.25) is 14.9 Å². The molecule has 1 N–H and O–H groups in total. The zero-order chi connectivity index (χ0) is 17.0. The van der Waals surface area contributed by atoms with Gasteiger partial charge in [0.25, 0.3) is 11.6 Å². The summed E-state index contributed by atoms with van der Waals surface area (Å²) >= 11 is 0. The van der Waals surface area contributed by atoms with E-state index in [4.69, 9.17) is 4.74 Å². The average Bonchev–Trinajstić information content (AvgIpc) is 2.48. The van der Waals surface area contributed by atoms with Crippen molar-refractivity contribution in [1.29, 1.82) is 0 Å². The maximum absolute atomic E-state index is 12.0. The van der Waals surface area contributed by atoms with Gasteiger partial charge in [-0.05, 0) is 37.5 Å². The Morgan fingerprint density at radius 2 is 1.78 bits per heavy atom. The number of hydrogen-bond acceptors (Lipinski definition) is 4. The number of nitrogens with one attached hydrogen (secondary N) is 1. The van der Waals surface area contributed by atoms with E-state index in [1.807, 2.05) is 32.0 Å². The molecule has 23 heavy (non-hydrogen) atoms. The molecular weight excluding hydrogens is 296 g/mol. The number of nitro benzene ring substituents is 1. The molecule has 0 saturated heterocycles. The third-order valence-electron chi connectivity index (χ3n) is 3.46. The second kappa shape index (κ2) is 6.91. The number of hydrogen-bond donors (Lipinski definition) is 1. The van der Waals surface area contributed by atoms with Crippen LogP contribution in [0.15, 0.2) is 36.4 Å². The number of carbonyl (C=O) groups is 1. The Hall–Kier alpha value is -2.89. The molecule has 0 radical (unpaired) electrons. The van der Waals surface area contributed by atoms with Crippen molar-refractivity contribution in [1.82, 2.24) is 0 Å². The molecule has 6 heteroatoms. The highest BCUT2D eigenvalue weighted by molar-refractivity contribution is 5.93. The van der Waals surface area contributed by atoms with Gasteiger partial charge >= 0.3 is 0 Å². The summed E-state index contributed by atoms with van der Waals surface area (Å²) in [5.74, 6) is 0.315. The number of para-hydroxylation sites is 1. The number of anilines is 1. The molecule has 0 heterocycles. The molecule has 0 bridgehead atoms.